The third kappa shape index (κ3) is 2.46. The van der Waals surface area contributed by atoms with Crippen LogP contribution in [0.1, 0.15) is 33.0 Å². The number of ketones is 2. The maximum absolute atomic E-state index is 12.1. The maximum Gasteiger partial charge on any atom is 0.221 e. The van der Waals surface area contributed by atoms with E-state index in [9.17, 15) is 9.59 Å². The molecule has 0 saturated carbocycles. The van der Waals surface area contributed by atoms with Crippen molar-refractivity contribution in [3.63, 3.8) is 0 Å². The molecule has 1 aromatic heterocycles. The molecule has 3 rings (SSSR count). The maximum atomic E-state index is 12.1. The largest absolute Gasteiger partial charge is 0.380 e. The summed E-state index contributed by atoms with van der Waals surface area (Å²) in [6.07, 6.45) is 3.88. The van der Waals surface area contributed by atoms with E-state index in [-0.39, 0.29) is 11.6 Å². The number of aromatic nitrogens is 1. The van der Waals surface area contributed by atoms with Gasteiger partial charge in [0.15, 0.2) is 0 Å². The van der Waals surface area contributed by atoms with Crippen molar-refractivity contribution in [1.29, 1.82) is 0 Å². The highest BCUT2D eigenvalue weighted by molar-refractivity contribution is 7.12. The highest BCUT2D eigenvalue weighted by Crippen LogP contribution is 2.22. The number of fused-ring (bicyclic) bond motifs is 1. The number of Topliss-reactive ketones (excluding diaryl/α,β-unsaturated/α-hetero) is 1. The predicted octanol–water partition coefficient (Wildman–Crippen LogP) is 1.09. The molecule has 2 heterocycles. The van der Waals surface area contributed by atoms with Gasteiger partial charge < -0.3 is 10.2 Å². The van der Waals surface area contributed by atoms with Crippen LogP contribution in [0.3, 0.4) is 0 Å². The van der Waals surface area contributed by atoms with Crippen molar-refractivity contribution in [3.05, 3.63) is 27.9 Å². The number of carbonyl (C=O) groups is 2. The number of carbonyl (C=O) groups excluding carboxylic acids is 2. The number of rotatable bonds is 4. The van der Waals surface area contributed by atoms with E-state index in [0.29, 0.717) is 22.8 Å². The molecule has 2 aliphatic rings. The Bertz CT molecular complexity index is 544. The minimum Gasteiger partial charge on any atom is -0.380 e. The van der Waals surface area contributed by atoms with Gasteiger partial charge >= 0.3 is 0 Å². The molecule has 1 fully saturated rings. The fourth-order valence-corrected chi connectivity index (χ4v) is 3.20. The number of hydrogen-bond donors (Lipinski definition) is 1. The molecule has 6 heteroatoms. The number of likely N-dealkylation sites (tertiary alicyclic amines) is 1. The average Bonchev–Trinajstić information content (AvgIpc) is 3.06. The van der Waals surface area contributed by atoms with Crippen LogP contribution in [0.4, 0.5) is 0 Å². The van der Waals surface area contributed by atoms with Crippen molar-refractivity contribution >= 4 is 22.9 Å². The van der Waals surface area contributed by atoms with E-state index in [1.54, 1.807) is 5.51 Å². The number of allylic oxidation sites excluding steroid dienone is 2. The van der Waals surface area contributed by atoms with E-state index in [0.717, 1.165) is 19.6 Å². The molecule has 19 heavy (non-hydrogen) atoms. The Labute approximate surface area is 115 Å². The first kappa shape index (κ1) is 12.5. The van der Waals surface area contributed by atoms with Crippen LogP contribution in [0.5, 0.6) is 0 Å². The Hall–Kier alpha value is -1.53. The van der Waals surface area contributed by atoms with Gasteiger partial charge in [-0.2, -0.15) is 0 Å². The van der Waals surface area contributed by atoms with Gasteiger partial charge in [0.25, 0.3) is 0 Å². The zero-order valence-electron chi connectivity index (χ0n) is 10.5. The second-order valence-corrected chi connectivity index (χ2v) is 5.61. The molecule has 1 saturated heterocycles. The zero-order chi connectivity index (χ0) is 13.2. The van der Waals surface area contributed by atoms with Gasteiger partial charge in [-0.3, -0.25) is 9.59 Å². The molecule has 0 radical (unpaired) electrons. The van der Waals surface area contributed by atoms with Crippen molar-refractivity contribution in [2.45, 2.75) is 12.8 Å². The first-order valence-corrected chi connectivity index (χ1v) is 7.34. The summed E-state index contributed by atoms with van der Waals surface area (Å²) in [5.41, 5.74) is 2.24. The molecule has 100 valence electrons. The van der Waals surface area contributed by atoms with Crippen molar-refractivity contribution < 1.29 is 9.59 Å². The summed E-state index contributed by atoms with van der Waals surface area (Å²) in [4.78, 5) is 30.7. The molecule has 0 spiro atoms. The van der Waals surface area contributed by atoms with Crippen LogP contribution in [0, 0.1) is 0 Å². The van der Waals surface area contributed by atoms with Crippen molar-refractivity contribution in [1.82, 2.24) is 15.2 Å². The quantitative estimate of drug-likeness (QED) is 0.892. The fraction of sp³-hybridized carbons (Fsp3) is 0.462. The van der Waals surface area contributed by atoms with Crippen molar-refractivity contribution in [2.75, 3.05) is 26.2 Å². The minimum absolute atomic E-state index is 0.112. The summed E-state index contributed by atoms with van der Waals surface area (Å²) >= 11 is 1.23. The summed E-state index contributed by atoms with van der Waals surface area (Å²) in [5, 5.41) is 3.09. The lowest BCUT2D eigenvalue weighted by molar-refractivity contribution is 0.0978. The van der Waals surface area contributed by atoms with Gasteiger partial charge in [-0.15, -0.1) is 11.3 Å². The topological polar surface area (TPSA) is 62.3 Å². The molecular formula is C13H15N3O2S. The SMILES string of the molecule is O=C1C=C(NCCN2CCCC2)C(=O)c2scnc21. The van der Waals surface area contributed by atoms with Gasteiger partial charge in [0, 0.05) is 19.2 Å². The second-order valence-electron chi connectivity index (χ2n) is 4.76. The standard InChI is InChI=1S/C13H15N3O2S/c17-10-7-9(12(18)13-11(10)15-8-19-13)14-3-6-16-4-1-2-5-16/h7-8,14H,1-6H2. The average molecular weight is 277 g/mol. The van der Waals surface area contributed by atoms with Crippen LogP contribution in [-0.2, 0) is 0 Å². The molecule has 0 amide bonds. The summed E-state index contributed by atoms with van der Waals surface area (Å²) < 4.78 is 0. The van der Waals surface area contributed by atoms with Crippen LogP contribution in [-0.4, -0.2) is 47.6 Å². The Kier molecular flexibility index (Phi) is 3.44. The van der Waals surface area contributed by atoms with E-state index >= 15 is 0 Å². The first-order chi connectivity index (χ1) is 9.25. The summed E-state index contributed by atoms with van der Waals surface area (Å²) in [6.45, 7) is 3.87. The van der Waals surface area contributed by atoms with E-state index in [2.05, 4.69) is 15.2 Å². The summed E-state index contributed by atoms with van der Waals surface area (Å²) in [7, 11) is 0. The van der Waals surface area contributed by atoms with Crippen molar-refractivity contribution in [2.24, 2.45) is 0 Å². The third-order valence-electron chi connectivity index (χ3n) is 3.47. The lowest BCUT2D eigenvalue weighted by Crippen LogP contribution is -2.33. The molecule has 0 atom stereocenters. The van der Waals surface area contributed by atoms with E-state index < -0.39 is 0 Å². The zero-order valence-corrected chi connectivity index (χ0v) is 11.3. The molecule has 5 nitrogen and oxygen atoms in total. The molecule has 1 aromatic rings. The molecule has 1 aliphatic heterocycles. The van der Waals surface area contributed by atoms with Gasteiger partial charge in [-0.05, 0) is 25.9 Å². The molecule has 1 N–H and O–H groups in total. The molecule has 0 aromatic carbocycles. The third-order valence-corrected chi connectivity index (χ3v) is 4.29. The molecular weight excluding hydrogens is 262 g/mol. The lowest BCUT2D eigenvalue weighted by Gasteiger charge is -2.17. The Morgan fingerprint density at radius 1 is 1.32 bits per heavy atom. The van der Waals surface area contributed by atoms with Gasteiger partial charge in [-0.25, -0.2) is 4.98 Å². The number of hydrogen-bond acceptors (Lipinski definition) is 6. The highest BCUT2D eigenvalue weighted by Gasteiger charge is 2.28. The van der Waals surface area contributed by atoms with Crippen molar-refractivity contribution in [3.8, 4) is 0 Å². The smallest absolute Gasteiger partial charge is 0.221 e. The molecule has 0 bridgehead atoms. The first-order valence-electron chi connectivity index (χ1n) is 6.46. The number of nitrogens with zero attached hydrogens (tertiary/aromatic N) is 2. The second kappa shape index (κ2) is 5.22. The fourth-order valence-electron chi connectivity index (χ4n) is 2.46. The Balaban J connectivity index is 1.62. The molecule has 0 unspecified atom stereocenters. The van der Waals surface area contributed by atoms with Crippen LogP contribution in [0.25, 0.3) is 0 Å². The minimum atomic E-state index is -0.181. The van der Waals surface area contributed by atoms with Gasteiger partial charge in [0.1, 0.15) is 10.6 Å². The van der Waals surface area contributed by atoms with Crippen LogP contribution >= 0.6 is 11.3 Å². The van der Waals surface area contributed by atoms with Gasteiger partial charge in [0.05, 0.1) is 11.2 Å². The van der Waals surface area contributed by atoms with E-state index in [1.807, 2.05) is 0 Å². The van der Waals surface area contributed by atoms with Gasteiger partial charge in [-0.1, -0.05) is 0 Å². The molecule has 1 aliphatic carbocycles. The lowest BCUT2D eigenvalue weighted by atomic mass is 10.0. The highest BCUT2D eigenvalue weighted by atomic mass is 32.1. The Morgan fingerprint density at radius 3 is 2.89 bits per heavy atom. The monoisotopic (exact) mass is 277 g/mol. The normalized spacial score (nSPS) is 19.5. The number of thiazole rings is 1. The summed E-state index contributed by atoms with van der Waals surface area (Å²) in [6, 6.07) is 0. The number of nitrogens with one attached hydrogen (secondary N) is 1. The van der Waals surface area contributed by atoms with E-state index in [1.165, 1.54) is 30.3 Å². The van der Waals surface area contributed by atoms with Crippen LogP contribution < -0.4 is 5.32 Å². The van der Waals surface area contributed by atoms with E-state index in [4.69, 9.17) is 0 Å². The summed E-state index contributed by atoms with van der Waals surface area (Å²) in [5.74, 6) is -0.293. The van der Waals surface area contributed by atoms with Crippen LogP contribution in [0.15, 0.2) is 17.3 Å². The van der Waals surface area contributed by atoms with Crippen LogP contribution in [0.2, 0.25) is 0 Å². The predicted molar refractivity (Wildman–Crippen MR) is 72.5 cm³/mol. The van der Waals surface area contributed by atoms with Gasteiger partial charge in [0.2, 0.25) is 11.6 Å². The Morgan fingerprint density at radius 2 is 2.11 bits per heavy atom.